The van der Waals surface area contributed by atoms with Crippen LogP contribution in [0.15, 0.2) is 22.5 Å². The monoisotopic (exact) mass is 341 g/mol. The van der Waals surface area contributed by atoms with Crippen LogP contribution in [0.5, 0.6) is 0 Å². The molecule has 0 aromatic carbocycles. The van der Waals surface area contributed by atoms with Crippen molar-refractivity contribution in [2.75, 3.05) is 11.0 Å². The molecule has 0 aliphatic carbocycles. The molecule has 0 aromatic heterocycles. The van der Waals surface area contributed by atoms with Gasteiger partial charge < -0.3 is 4.90 Å². The van der Waals surface area contributed by atoms with Crippen LogP contribution in [0.25, 0.3) is 0 Å². The van der Waals surface area contributed by atoms with Crippen molar-refractivity contribution >= 4 is 22.6 Å². The Hall–Kier alpha value is -1.01. The van der Waals surface area contributed by atoms with Gasteiger partial charge in [-0.15, -0.1) is 0 Å². The molecule has 0 saturated heterocycles. The van der Waals surface area contributed by atoms with Gasteiger partial charge in [-0.25, -0.2) is 0 Å². The van der Waals surface area contributed by atoms with Gasteiger partial charge >= 0.3 is 0 Å². The first-order chi connectivity index (χ1) is 7.91. The summed E-state index contributed by atoms with van der Waals surface area (Å²) in [5.41, 5.74) is 2.88. The lowest BCUT2D eigenvalue weighted by Gasteiger charge is -2.38. The average molecular weight is 341 g/mol. The van der Waals surface area contributed by atoms with Crippen LogP contribution in [0, 0.1) is 28.1 Å². The average Bonchev–Trinajstić information content (AvgIpc) is 2.24. The molecule has 0 amide bonds. The summed E-state index contributed by atoms with van der Waals surface area (Å²) in [6, 6.07) is 4.53. The van der Waals surface area contributed by atoms with Gasteiger partial charge in [0.1, 0.15) is 0 Å². The first-order valence-electron chi connectivity index (χ1n) is 5.48. The fourth-order valence-corrected chi connectivity index (χ4v) is 2.89. The van der Waals surface area contributed by atoms with E-state index in [1.165, 1.54) is 0 Å². The zero-order chi connectivity index (χ0) is 13.2. The third-order valence-corrected chi connectivity index (χ3v) is 3.80. The van der Waals surface area contributed by atoms with E-state index >= 15 is 0 Å². The molecule has 1 heterocycles. The minimum atomic E-state index is -0.473. The lowest BCUT2D eigenvalue weighted by Crippen LogP contribution is -2.34. The SMILES string of the molecule is CC1=C(C#N)C(C)(C)C(C#N)=C(C)N1CCI. The van der Waals surface area contributed by atoms with Crippen molar-refractivity contribution in [2.45, 2.75) is 27.7 Å². The van der Waals surface area contributed by atoms with Crippen molar-refractivity contribution in [1.29, 1.82) is 10.5 Å². The van der Waals surface area contributed by atoms with Gasteiger partial charge in [0.2, 0.25) is 0 Å². The van der Waals surface area contributed by atoms with E-state index in [9.17, 15) is 10.5 Å². The molecule has 90 valence electrons. The van der Waals surface area contributed by atoms with E-state index in [4.69, 9.17) is 0 Å². The first-order valence-corrected chi connectivity index (χ1v) is 7.00. The van der Waals surface area contributed by atoms with Crippen molar-refractivity contribution in [1.82, 2.24) is 4.90 Å². The zero-order valence-electron chi connectivity index (χ0n) is 10.6. The molecule has 4 heteroatoms. The number of rotatable bonds is 2. The topological polar surface area (TPSA) is 50.8 Å². The van der Waals surface area contributed by atoms with Crippen LogP contribution in [0.2, 0.25) is 0 Å². The van der Waals surface area contributed by atoms with Crippen molar-refractivity contribution < 1.29 is 0 Å². The highest BCUT2D eigenvalue weighted by atomic mass is 127. The van der Waals surface area contributed by atoms with E-state index in [2.05, 4.69) is 39.6 Å². The summed E-state index contributed by atoms with van der Waals surface area (Å²) in [7, 11) is 0. The van der Waals surface area contributed by atoms with Crippen LogP contribution in [-0.2, 0) is 0 Å². The maximum absolute atomic E-state index is 9.31. The number of nitrogens with zero attached hydrogens (tertiary/aromatic N) is 3. The van der Waals surface area contributed by atoms with Gasteiger partial charge in [-0.3, -0.25) is 0 Å². The Kier molecular flexibility index (Phi) is 4.21. The molecule has 0 atom stereocenters. The second kappa shape index (κ2) is 5.10. The largest absolute Gasteiger partial charge is 0.346 e. The molecular weight excluding hydrogens is 325 g/mol. The predicted molar refractivity (Wildman–Crippen MR) is 76.0 cm³/mol. The quantitative estimate of drug-likeness (QED) is 0.572. The summed E-state index contributed by atoms with van der Waals surface area (Å²) in [6.45, 7) is 8.65. The maximum Gasteiger partial charge on any atom is 0.0975 e. The Bertz CT molecular complexity index is 432. The van der Waals surface area contributed by atoms with Crippen molar-refractivity contribution in [3.05, 3.63) is 22.5 Å². The van der Waals surface area contributed by atoms with E-state index in [1.54, 1.807) is 0 Å². The van der Waals surface area contributed by atoms with Crippen LogP contribution in [0.4, 0.5) is 0 Å². The highest BCUT2D eigenvalue weighted by Crippen LogP contribution is 2.43. The molecule has 3 nitrogen and oxygen atoms in total. The molecule has 0 unspecified atom stereocenters. The number of hydrogen-bond donors (Lipinski definition) is 0. The molecule has 17 heavy (non-hydrogen) atoms. The smallest absolute Gasteiger partial charge is 0.0975 e. The van der Waals surface area contributed by atoms with Gasteiger partial charge in [0.25, 0.3) is 0 Å². The molecule has 0 spiro atoms. The maximum atomic E-state index is 9.31. The molecule has 1 aliphatic rings. The Morgan fingerprint density at radius 1 is 1.12 bits per heavy atom. The Morgan fingerprint density at radius 2 is 1.53 bits per heavy atom. The summed E-state index contributed by atoms with van der Waals surface area (Å²) in [6.07, 6.45) is 0. The van der Waals surface area contributed by atoms with E-state index in [-0.39, 0.29) is 0 Å². The fourth-order valence-electron chi connectivity index (χ4n) is 2.41. The lowest BCUT2D eigenvalue weighted by molar-refractivity contribution is 0.390. The Balaban J connectivity index is 3.45. The van der Waals surface area contributed by atoms with Gasteiger partial charge in [0.05, 0.1) is 23.3 Å². The van der Waals surface area contributed by atoms with E-state index in [0.717, 1.165) is 22.4 Å². The van der Waals surface area contributed by atoms with Gasteiger partial charge in [0, 0.05) is 27.8 Å². The van der Waals surface area contributed by atoms with Crippen LogP contribution >= 0.6 is 22.6 Å². The lowest BCUT2D eigenvalue weighted by atomic mass is 9.74. The number of hydrogen-bond acceptors (Lipinski definition) is 3. The highest BCUT2D eigenvalue weighted by Gasteiger charge is 2.37. The third kappa shape index (κ3) is 2.19. The predicted octanol–water partition coefficient (Wildman–Crippen LogP) is 3.36. The summed E-state index contributed by atoms with van der Waals surface area (Å²) in [5, 5.41) is 18.6. The first kappa shape index (κ1) is 14.1. The van der Waals surface area contributed by atoms with Crippen molar-refractivity contribution in [3.8, 4) is 12.1 Å². The normalized spacial score (nSPS) is 19.1. The van der Waals surface area contributed by atoms with E-state index in [0.29, 0.717) is 11.1 Å². The molecule has 0 fully saturated rings. The van der Waals surface area contributed by atoms with Crippen molar-refractivity contribution in [2.24, 2.45) is 5.41 Å². The summed E-state index contributed by atoms with van der Waals surface area (Å²) < 4.78 is 0.963. The highest BCUT2D eigenvalue weighted by molar-refractivity contribution is 14.1. The molecule has 1 aliphatic heterocycles. The van der Waals surface area contributed by atoms with Crippen LogP contribution in [0.1, 0.15) is 27.7 Å². The van der Waals surface area contributed by atoms with Crippen LogP contribution in [0.3, 0.4) is 0 Å². The molecule has 1 rings (SSSR count). The van der Waals surface area contributed by atoms with E-state index in [1.807, 2.05) is 27.7 Å². The number of alkyl halides is 1. The number of nitriles is 2. The molecule has 0 bridgehead atoms. The molecule has 0 saturated carbocycles. The number of halogens is 1. The van der Waals surface area contributed by atoms with Gasteiger partial charge in [-0.05, 0) is 13.8 Å². The Labute approximate surface area is 117 Å². The summed E-state index contributed by atoms with van der Waals surface area (Å²) in [5.74, 6) is 0. The molecular formula is C13H16IN3. The second-order valence-corrected chi connectivity index (χ2v) is 5.69. The van der Waals surface area contributed by atoms with Crippen LogP contribution < -0.4 is 0 Å². The van der Waals surface area contributed by atoms with E-state index < -0.39 is 5.41 Å². The molecule has 0 radical (unpaired) electrons. The van der Waals surface area contributed by atoms with Crippen LogP contribution in [-0.4, -0.2) is 15.9 Å². The summed E-state index contributed by atoms with van der Waals surface area (Å²) >= 11 is 2.30. The second-order valence-electron chi connectivity index (χ2n) is 4.61. The minimum Gasteiger partial charge on any atom is -0.346 e. The zero-order valence-corrected chi connectivity index (χ0v) is 12.8. The third-order valence-electron chi connectivity index (χ3n) is 3.32. The van der Waals surface area contributed by atoms with Gasteiger partial charge in [-0.1, -0.05) is 36.4 Å². The van der Waals surface area contributed by atoms with Gasteiger partial charge in [-0.2, -0.15) is 10.5 Å². The minimum absolute atomic E-state index is 0.473. The Morgan fingerprint density at radius 3 is 1.82 bits per heavy atom. The van der Waals surface area contributed by atoms with Gasteiger partial charge in [0.15, 0.2) is 0 Å². The molecule has 0 N–H and O–H groups in total. The van der Waals surface area contributed by atoms with Crippen molar-refractivity contribution in [3.63, 3.8) is 0 Å². The standard InChI is InChI=1S/C13H16IN3/c1-9-11(7-15)13(3,4)12(8-16)10(2)17(9)6-5-14/h5-6H2,1-4H3. The number of allylic oxidation sites excluding steroid dienone is 4. The fraction of sp³-hybridized carbons (Fsp3) is 0.538. The summed E-state index contributed by atoms with van der Waals surface area (Å²) in [4.78, 5) is 2.08. The molecule has 0 aromatic rings.